The van der Waals surface area contributed by atoms with Crippen LogP contribution in [-0.4, -0.2) is 18.1 Å². The SMILES string of the molecule is CC1(C)CSCC(=CCCN)C1. The molecule has 1 aliphatic heterocycles. The highest BCUT2D eigenvalue weighted by Crippen LogP contribution is 2.36. The van der Waals surface area contributed by atoms with Crippen molar-refractivity contribution in [1.29, 1.82) is 0 Å². The first-order chi connectivity index (χ1) is 5.64. The van der Waals surface area contributed by atoms with Gasteiger partial charge in [0.25, 0.3) is 0 Å². The van der Waals surface area contributed by atoms with Crippen molar-refractivity contribution in [2.45, 2.75) is 26.7 Å². The van der Waals surface area contributed by atoms with E-state index in [2.05, 4.69) is 31.7 Å². The van der Waals surface area contributed by atoms with Gasteiger partial charge in [-0.25, -0.2) is 0 Å². The number of hydrogen-bond donors (Lipinski definition) is 1. The monoisotopic (exact) mass is 185 g/mol. The maximum atomic E-state index is 5.46. The molecule has 12 heavy (non-hydrogen) atoms. The number of hydrogen-bond acceptors (Lipinski definition) is 2. The number of rotatable bonds is 2. The molecule has 0 radical (unpaired) electrons. The van der Waals surface area contributed by atoms with Crippen molar-refractivity contribution in [2.75, 3.05) is 18.1 Å². The Labute approximate surface area is 79.8 Å². The Morgan fingerprint density at radius 1 is 1.58 bits per heavy atom. The minimum Gasteiger partial charge on any atom is -0.330 e. The third kappa shape index (κ3) is 3.20. The van der Waals surface area contributed by atoms with Gasteiger partial charge in [-0.3, -0.25) is 0 Å². The molecule has 2 heteroatoms. The van der Waals surface area contributed by atoms with Gasteiger partial charge in [0.2, 0.25) is 0 Å². The lowest BCUT2D eigenvalue weighted by molar-refractivity contribution is 0.413. The highest BCUT2D eigenvalue weighted by atomic mass is 32.2. The van der Waals surface area contributed by atoms with E-state index >= 15 is 0 Å². The van der Waals surface area contributed by atoms with Gasteiger partial charge in [0.1, 0.15) is 0 Å². The fourth-order valence-electron chi connectivity index (χ4n) is 1.59. The van der Waals surface area contributed by atoms with Crippen molar-refractivity contribution in [2.24, 2.45) is 11.1 Å². The van der Waals surface area contributed by atoms with E-state index in [1.54, 1.807) is 5.57 Å². The summed E-state index contributed by atoms with van der Waals surface area (Å²) in [5, 5.41) is 0. The molecule has 0 unspecified atom stereocenters. The van der Waals surface area contributed by atoms with Gasteiger partial charge < -0.3 is 5.73 Å². The summed E-state index contributed by atoms with van der Waals surface area (Å²) in [5.74, 6) is 2.52. The molecule has 0 atom stereocenters. The highest BCUT2D eigenvalue weighted by molar-refractivity contribution is 7.99. The smallest absolute Gasteiger partial charge is 0.0143 e. The number of thioether (sulfide) groups is 1. The van der Waals surface area contributed by atoms with Gasteiger partial charge in [0, 0.05) is 5.75 Å². The molecule has 0 bridgehead atoms. The minimum absolute atomic E-state index is 0.503. The zero-order valence-electron chi connectivity index (χ0n) is 8.10. The van der Waals surface area contributed by atoms with Crippen LogP contribution in [0.15, 0.2) is 11.6 Å². The summed E-state index contributed by atoms with van der Waals surface area (Å²) in [6, 6.07) is 0. The maximum absolute atomic E-state index is 5.46. The van der Waals surface area contributed by atoms with E-state index in [1.165, 1.54) is 17.9 Å². The topological polar surface area (TPSA) is 26.0 Å². The van der Waals surface area contributed by atoms with Crippen LogP contribution in [-0.2, 0) is 0 Å². The van der Waals surface area contributed by atoms with Crippen molar-refractivity contribution < 1.29 is 0 Å². The summed E-state index contributed by atoms with van der Waals surface area (Å²) in [6.45, 7) is 5.47. The van der Waals surface area contributed by atoms with E-state index in [0.717, 1.165) is 13.0 Å². The quantitative estimate of drug-likeness (QED) is 0.669. The fraction of sp³-hybridized carbons (Fsp3) is 0.800. The van der Waals surface area contributed by atoms with Crippen LogP contribution in [0.4, 0.5) is 0 Å². The van der Waals surface area contributed by atoms with E-state index in [1.807, 2.05) is 0 Å². The lowest BCUT2D eigenvalue weighted by atomic mass is 9.87. The van der Waals surface area contributed by atoms with E-state index in [0.29, 0.717) is 5.41 Å². The molecule has 1 heterocycles. The molecule has 1 aliphatic rings. The van der Waals surface area contributed by atoms with Crippen LogP contribution in [0.2, 0.25) is 0 Å². The van der Waals surface area contributed by atoms with Crippen LogP contribution in [0.3, 0.4) is 0 Å². The van der Waals surface area contributed by atoms with Gasteiger partial charge in [0.05, 0.1) is 0 Å². The molecule has 0 saturated carbocycles. The van der Waals surface area contributed by atoms with Crippen molar-refractivity contribution in [3.63, 3.8) is 0 Å². The summed E-state index contributed by atoms with van der Waals surface area (Å²) in [7, 11) is 0. The zero-order chi connectivity index (χ0) is 9.03. The predicted molar refractivity (Wildman–Crippen MR) is 57.5 cm³/mol. The van der Waals surface area contributed by atoms with Crippen LogP contribution in [0.1, 0.15) is 26.7 Å². The summed E-state index contributed by atoms with van der Waals surface area (Å²) in [5.41, 5.74) is 7.56. The molecule has 70 valence electrons. The van der Waals surface area contributed by atoms with Gasteiger partial charge >= 0.3 is 0 Å². The van der Waals surface area contributed by atoms with Gasteiger partial charge in [-0.2, -0.15) is 11.8 Å². The van der Waals surface area contributed by atoms with E-state index in [4.69, 9.17) is 5.73 Å². The predicted octanol–water partition coefficient (Wildman–Crippen LogP) is 2.42. The Morgan fingerprint density at radius 3 is 2.92 bits per heavy atom. The average molecular weight is 185 g/mol. The van der Waals surface area contributed by atoms with Gasteiger partial charge in [-0.05, 0) is 30.6 Å². The van der Waals surface area contributed by atoms with Crippen LogP contribution in [0.5, 0.6) is 0 Å². The first kappa shape index (κ1) is 10.1. The molecule has 0 spiro atoms. The lowest BCUT2D eigenvalue weighted by Crippen LogP contribution is -2.21. The summed E-state index contributed by atoms with van der Waals surface area (Å²) in [6.07, 6.45) is 4.64. The molecule has 1 nitrogen and oxygen atoms in total. The second-order valence-corrected chi connectivity index (χ2v) is 5.26. The van der Waals surface area contributed by atoms with E-state index in [9.17, 15) is 0 Å². The summed E-state index contributed by atoms with van der Waals surface area (Å²) in [4.78, 5) is 0. The first-order valence-corrected chi connectivity index (χ1v) is 5.75. The summed E-state index contributed by atoms with van der Waals surface area (Å²) >= 11 is 2.05. The second-order valence-electron chi connectivity index (χ2n) is 4.27. The molecule has 1 fully saturated rings. The molecular formula is C10H19NS. The van der Waals surface area contributed by atoms with Crippen molar-refractivity contribution >= 4 is 11.8 Å². The third-order valence-corrected chi connectivity index (χ3v) is 3.65. The molecule has 1 saturated heterocycles. The zero-order valence-corrected chi connectivity index (χ0v) is 8.91. The molecule has 0 aliphatic carbocycles. The van der Waals surface area contributed by atoms with Gasteiger partial charge in [-0.15, -0.1) is 0 Å². The van der Waals surface area contributed by atoms with Crippen LogP contribution in [0.25, 0.3) is 0 Å². The minimum atomic E-state index is 0.503. The maximum Gasteiger partial charge on any atom is 0.0143 e. The third-order valence-electron chi connectivity index (χ3n) is 2.09. The second kappa shape index (κ2) is 4.33. The molecule has 0 aromatic rings. The van der Waals surface area contributed by atoms with Gasteiger partial charge in [-0.1, -0.05) is 25.5 Å². The standard InChI is InChI=1S/C10H19NS/c1-10(2)6-9(4-3-5-11)7-12-8-10/h4H,3,5-8,11H2,1-2H3. The van der Waals surface area contributed by atoms with Crippen LogP contribution >= 0.6 is 11.8 Å². The van der Waals surface area contributed by atoms with Crippen molar-refractivity contribution in [3.8, 4) is 0 Å². The molecule has 2 N–H and O–H groups in total. The molecular weight excluding hydrogens is 166 g/mol. The Morgan fingerprint density at radius 2 is 2.33 bits per heavy atom. The molecule has 0 aromatic heterocycles. The lowest BCUT2D eigenvalue weighted by Gasteiger charge is -2.30. The van der Waals surface area contributed by atoms with Crippen molar-refractivity contribution in [3.05, 3.63) is 11.6 Å². The highest BCUT2D eigenvalue weighted by Gasteiger charge is 2.23. The normalized spacial score (nSPS) is 26.1. The average Bonchev–Trinajstić information content (AvgIpc) is 1.99. The first-order valence-electron chi connectivity index (χ1n) is 4.60. The Hall–Kier alpha value is 0.0500. The van der Waals surface area contributed by atoms with E-state index < -0.39 is 0 Å². The van der Waals surface area contributed by atoms with Crippen molar-refractivity contribution in [1.82, 2.24) is 0 Å². The Bertz CT molecular complexity index is 173. The van der Waals surface area contributed by atoms with Crippen LogP contribution < -0.4 is 5.73 Å². The van der Waals surface area contributed by atoms with Gasteiger partial charge in [0.15, 0.2) is 0 Å². The Kier molecular flexibility index (Phi) is 3.66. The molecule has 0 aromatic carbocycles. The van der Waals surface area contributed by atoms with Crippen LogP contribution in [0, 0.1) is 5.41 Å². The molecule has 1 rings (SSSR count). The fourth-order valence-corrected chi connectivity index (χ4v) is 2.83. The Balaban J connectivity index is 2.46. The molecule has 0 amide bonds. The summed E-state index contributed by atoms with van der Waals surface area (Å²) < 4.78 is 0. The van der Waals surface area contributed by atoms with E-state index in [-0.39, 0.29) is 0 Å². The largest absolute Gasteiger partial charge is 0.330 e. The number of nitrogens with two attached hydrogens (primary N) is 1.